The van der Waals surface area contributed by atoms with Gasteiger partial charge in [-0.15, -0.1) is 0 Å². The number of urea groups is 1. The number of ether oxygens (including phenoxy) is 1. The first-order chi connectivity index (χ1) is 12.9. The number of piperidine rings is 1. The number of imide groups is 1. The van der Waals surface area contributed by atoms with E-state index in [1.54, 1.807) is 30.0 Å². The minimum absolute atomic E-state index is 0.0548. The molecule has 0 saturated carbocycles. The van der Waals surface area contributed by atoms with E-state index in [1.165, 1.54) is 6.07 Å². The van der Waals surface area contributed by atoms with Crippen LogP contribution >= 0.6 is 0 Å². The normalized spacial score (nSPS) is 25.1. The highest BCUT2D eigenvalue weighted by Gasteiger charge is 2.42. The van der Waals surface area contributed by atoms with Crippen LogP contribution in [0.5, 0.6) is 5.75 Å². The predicted octanol–water partition coefficient (Wildman–Crippen LogP) is 1.82. The average molecular weight is 377 g/mol. The second-order valence-electron chi connectivity index (χ2n) is 7.33. The zero-order valence-corrected chi connectivity index (χ0v) is 15.3. The van der Waals surface area contributed by atoms with Gasteiger partial charge in [-0.2, -0.15) is 0 Å². The van der Waals surface area contributed by atoms with E-state index in [0.29, 0.717) is 19.7 Å². The Balaban J connectivity index is 1.48. The number of para-hydroxylation sites is 1. The number of rotatable bonds is 6. The number of nitrogens with zero attached hydrogens (tertiary/aromatic N) is 1. The molecule has 0 bridgehead atoms. The quantitative estimate of drug-likeness (QED) is 0.741. The lowest BCUT2D eigenvalue weighted by Gasteiger charge is -2.33. The van der Waals surface area contributed by atoms with Gasteiger partial charge in [-0.3, -0.25) is 14.9 Å². The molecule has 2 N–H and O–H groups in total. The second-order valence-corrected chi connectivity index (χ2v) is 7.33. The van der Waals surface area contributed by atoms with Gasteiger partial charge in [0.05, 0.1) is 6.61 Å². The van der Waals surface area contributed by atoms with Crippen molar-refractivity contribution in [1.82, 2.24) is 15.5 Å². The SMILES string of the molecule is C[C@@]1(CCC(=O)N2CCC[C@H](COc3ccccc3F)C2)NC(=O)NC1=O. The first kappa shape index (κ1) is 19.1. The monoisotopic (exact) mass is 377 g/mol. The van der Waals surface area contributed by atoms with Crippen LogP contribution in [-0.4, -0.2) is 48.0 Å². The number of carbonyl (C=O) groups excluding carboxylic acids is 3. The van der Waals surface area contributed by atoms with Gasteiger partial charge in [0.2, 0.25) is 5.91 Å². The highest BCUT2D eigenvalue weighted by atomic mass is 19.1. The van der Waals surface area contributed by atoms with Gasteiger partial charge in [0, 0.05) is 25.4 Å². The number of nitrogens with one attached hydrogen (secondary N) is 2. The molecule has 2 heterocycles. The fourth-order valence-electron chi connectivity index (χ4n) is 3.47. The lowest BCUT2D eigenvalue weighted by atomic mass is 9.94. The summed E-state index contributed by atoms with van der Waals surface area (Å²) in [7, 11) is 0. The van der Waals surface area contributed by atoms with Crippen LogP contribution in [0.3, 0.4) is 0 Å². The van der Waals surface area contributed by atoms with E-state index in [2.05, 4.69) is 10.6 Å². The van der Waals surface area contributed by atoms with Crippen LogP contribution < -0.4 is 15.4 Å². The van der Waals surface area contributed by atoms with Crippen molar-refractivity contribution in [3.8, 4) is 5.75 Å². The third kappa shape index (κ3) is 4.56. The molecule has 0 unspecified atom stereocenters. The molecule has 3 rings (SSSR count). The number of likely N-dealkylation sites (tertiary alicyclic amines) is 1. The van der Waals surface area contributed by atoms with Gasteiger partial charge in [0.25, 0.3) is 5.91 Å². The Morgan fingerprint density at radius 2 is 2.15 bits per heavy atom. The summed E-state index contributed by atoms with van der Waals surface area (Å²) in [6, 6.07) is 5.73. The molecule has 0 spiro atoms. The van der Waals surface area contributed by atoms with Crippen LogP contribution in [0, 0.1) is 11.7 Å². The summed E-state index contributed by atoms with van der Waals surface area (Å²) in [5, 5.41) is 4.76. The molecular weight excluding hydrogens is 353 g/mol. The number of benzene rings is 1. The molecule has 8 heteroatoms. The fraction of sp³-hybridized carbons (Fsp3) is 0.526. The largest absolute Gasteiger partial charge is 0.490 e. The molecule has 27 heavy (non-hydrogen) atoms. The Hall–Kier alpha value is -2.64. The van der Waals surface area contributed by atoms with E-state index in [1.807, 2.05) is 0 Å². The molecule has 1 aromatic carbocycles. The molecular formula is C19H24FN3O4. The van der Waals surface area contributed by atoms with E-state index in [0.717, 1.165) is 12.8 Å². The van der Waals surface area contributed by atoms with E-state index in [9.17, 15) is 18.8 Å². The Morgan fingerprint density at radius 3 is 2.85 bits per heavy atom. The minimum atomic E-state index is -1.05. The molecule has 4 amide bonds. The van der Waals surface area contributed by atoms with E-state index in [4.69, 9.17) is 4.74 Å². The predicted molar refractivity (Wildman–Crippen MR) is 95.5 cm³/mol. The van der Waals surface area contributed by atoms with Gasteiger partial charge in [0.1, 0.15) is 5.54 Å². The van der Waals surface area contributed by atoms with Crippen LogP contribution in [0.4, 0.5) is 9.18 Å². The van der Waals surface area contributed by atoms with Crippen molar-refractivity contribution in [2.24, 2.45) is 5.92 Å². The topological polar surface area (TPSA) is 87.7 Å². The van der Waals surface area contributed by atoms with Crippen LogP contribution in [0.25, 0.3) is 0 Å². The molecule has 2 fully saturated rings. The van der Waals surface area contributed by atoms with Crippen LogP contribution in [0.15, 0.2) is 24.3 Å². The summed E-state index contributed by atoms with van der Waals surface area (Å²) in [5.74, 6) is -0.508. The molecule has 7 nitrogen and oxygen atoms in total. The van der Waals surface area contributed by atoms with Crippen LogP contribution in [-0.2, 0) is 9.59 Å². The van der Waals surface area contributed by atoms with Crippen LogP contribution in [0.1, 0.15) is 32.6 Å². The Kier molecular flexibility index (Phi) is 5.62. The molecule has 2 saturated heterocycles. The van der Waals surface area contributed by atoms with Crippen molar-refractivity contribution in [2.45, 2.75) is 38.1 Å². The highest BCUT2D eigenvalue weighted by Crippen LogP contribution is 2.23. The standard InChI is InChI=1S/C19H24FN3O4/c1-19(17(25)21-18(26)22-19)9-8-16(24)23-10-4-5-13(11-23)12-27-15-7-3-2-6-14(15)20/h2-3,6-7,13H,4-5,8-12H2,1H3,(H2,21,22,25,26)/t13-,19-/m0/s1. The van der Waals surface area contributed by atoms with Crippen molar-refractivity contribution in [3.05, 3.63) is 30.1 Å². The van der Waals surface area contributed by atoms with Crippen molar-refractivity contribution >= 4 is 17.8 Å². The van der Waals surface area contributed by atoms with Crippen molar-refractivity contribution < 1.29 is 23.5 Å². The second kappa shape index (κ2) is 7.94. The average Bonchev–Trinajstić information content (AvgIpc) is 2.91. The van der Waals surface area contributed by atoms with E-state index in [-0.39, 0.29) is 30.4 Å². The van der Waals surface area contributed by atoms with Gasteiger partial charge in [-0.25, -0.2) is 9.18 Å². The molecule has 1 aromatic rings. The number of carbonyl (C=O) groups is 3. The number of amides is 4. The first-order valence-electron chi connectivity index (χ1n) is 9.16. The summed E-state index contributed by atoms with van der Waals surface area (Å²) >= 11 is 0. The van der Waals surface area contributed by atoms with E-state index < -0.39 is 23.3 Å². The molecule has 0 aromatic heterocycles. The zero-order valence-electron chi connectivity index (χ0n) is 15.3. The summed E-state index contributed by atoms with van der Waals surface area (Å²) in [6.07, 6.45) is 2.18. The lowest BCUT2D eigenvalue weighted by molar-refractivity contribution is -0.134. The molecule has 2 atom stereocenters. The molecule has 0 aliphatic carbocycles. The molecule has 0 radical (unpaired) electrons. The lowest BCUT2D eigenvalue weighted by Crippen LogP contribution is -2.46. The number of hydrogen-bond acceptors (Lipinski definition) is 4. The van der Waals surface area contributed by atoms with E-state index >= 15 is 0 Å². The minimum Gasteiger partial charge on any atom is -0.490 e. The summed E-state index contributed by atoms with van der Waals surface area (Å²) < 4.78 is 19.2. The number of hydrogen-bond donors (Lipinski definition) is 2. The highest BCUT2D eigenvalue weighted by molar-refractivity contribution is 6.06. The van der Waals surface area contributed by atoms with Gasteiger partial charge in [0.15, 0.2) is 11.6 Å². The first-order valence-corrected chi connectivity index (χ1v) is 9.16. The Labute approximate surface area is 157 Å². The molecule has 146 valence electrons. The van der Waals surface area contributed by atoms with Crippen molar-refractivity contribution in [3.63, 3.8) is 0 Å². The summed E-state index contributed by atoms with van der Waals surface area (Å²) in [4.78, 5) is 37.4. The van der Waals surface area contributed by atoms with Crippen LogP contribution in [0.2, 0.25) is 0 Å². The van der Waals surface area contributed by atoms with Crippen molar-refractivity contribution in [1.29, 1.82) is 0 Å². The third-order valence-corrected chi connectivity index (χ3v) is 5.14. The maximum atomic E-state index is 13.6. The van der Waals surface area contributed by atoms with Gasteiger partial charge in [-0.05, 0) is 38.3 Å². The zero-order chi connectivity index (χ0) is 19.4. The summed E-state index contributed by atoms with van der Waals surface area (Å²) in [5.41, 5.74) is -1.05. The van der Waals surface area contributed by atoms with Crippen molar-refractivity contribution in [2.75, 3.05) is 19.7 Å². The maximum Gasteiger partial charge on any atom is 0.322 e. The maximum absolute atomic E-state index is 13.6. The molecule has 2 aliphatic rings. The third-order valence-electron chi connectivity index (χ3n) is 5.14. The number of halogens is 1. The summed E-state index contributed by atoms with van der Waals surface area (Å²) in [6.45, 7) is 3.16. The molecule has 2 aliphatic heterocycles. The van der Waals surface area contributed by atoms with Gasteiger partial charge in [-0.1, -0.05) is 12.1 Å². The Morgan fingerprint density at radius 1 is 1.37 bits per heavy atom. The smallest absolute Gasteiger partial charge is 0.322 e. The Bertz CT molecular complexity index is 741. The fourth-order valence-corrected chi connectivity index (χ4v) is 3.47. The van der Waals surface area contributed by atoms with Gasteiger partial charge < -0.3 is 15.0 Å². The van der Waals surface area contributed by atoms with Gasteiger partial charge >= 0.3 is 6.03 Å².